The van der Waals surface area contributed by atoms with Gasteiger partial charge in [0.2, 0.25) is 0 Å². The van der Waals surface area contributed by atoms with E-state index in [4.69, 9.17) is 9.98 Å². The maximum Gasteiger partial charge on any atom is 0.198 e. The summed E-state index contributed by atoms with van der Waals surface area (Å²) in [5.74, 6) is 0.389. The van der Waals surface area contributed by atoms with Gasteiger partial charge in [-0.05, 0) is 49.2 Å². The topological polar surface area (TPSA) is 129 Å². The first kappa shape index (κ1) is 19.1. The summed E-state index contributed by atoms with van der Waals surface area (Å²) < 4.78 is 3.49. The van der Waals surface area contributed by atoms with Crippen molar-refractivity contribution < 1.29 is 10.2 Å². The van der Waals surface area contributed by atoms with Crippen LogP contribution in [0.4, 0.5) is 11.5 Å². The van der Waals surface area contributed by atoms with E-state index in [0.717, 1.165) is 24.2 Å². The van der Waals surface area contributed by atoms with Crippen LogP contribution in [0.1, 0.15) is 18.4 Å². The maximum absolute atomic E-state index is 9.99. The van der Waals surface area contributed by atoms with Crippen molar-refractivity contribution in [2.24, 2.45) is 4.99 Å². The van der Waals surface area contributed by atoms with Crippen LogP contribution >= 0.6 is 0 Å². The van der Waals surface area contributed by atoms with Gasteiger partial charge in [0.25, 0.3) is 0 Å². The third-order valence-electron chi connectivity index (χ3n) is 5.37. The normalized spacial score (nSPS) is 14.9. The van der Waals surface area contributed by atoms with Gasteiger partial charge in [-0.25, -0.2) is 9.67 Å². The van der Waals surface area contributed by atoms with Crippen LogP contribution < -0.4 is 16.0 Å². The van der Waals surface area contributed by atoms with Gasteiger partial charge in [-0.15, -0.1) is 0 Å². The average Bonchev–Trinajstić information content (AvgIpc) is 3.17. The lowest BCUT2D eigenvalue weighted by molar-refractivity contribution is 0.425. The quantitative estimate of drug-likeness (QED) is 0.331. The Balaban J connectivity index is 1.42. The molecule has 1 aliphatic rings. The molecule has 4 heterocycles. The summed E-state index contributed by atoms with van der Waals surface area (Å²) in [5.41, 5.74) is 3.57. The second-order valence-corrected chi connectivity index (χ2v) is 7.92. The molecule has 0 saturated heterocycles. The number of aromatic nitrogens is 6. The molecule has 1 aliphatic carbocycles. The Labute approximate surface area is 187 Å². The SMILES string of the molecule is Oc1cc(C=c2cnn3c(=NC4CC4)cc(Nc4ccc(-n5cccn5)cc4)nc23)c(O)[nH]1. The Morgan fingerprint density at radius 3 is 2.67 bits per heavy atom. The maximum atomic E-state index is 9.99. The first-order chi connectivity index (χ1) is 16.1. The summed E-state index contributed by atoms with van der Waals surface area (Å²) in [5, 5.41) is 32.3. The first-order valence-electron chi connectivity index (χ1n) is 10.5. The molecule has 1 fully saturated rings. The number of aromatic hydroxyl groups is 2. The fraction of sp³-hybridized carbons (Fsp3) is 0.130. The molecular weight excluding hydrogens is 420 g/mol. The Morgan fingerprint density at radius 2 is 1.97 bits per heavy atom. The number of anilines is 2. The molecule has 4 N–H and O–H groups in total. The summed E-state index contributed by atoms with van der Waals surface area (Å²) in [4.78, 5) is 12.0. The minimum Gasteiger partial charge on any atom is -0.494 e. The van der Waals surface area contributed by atoms with Crippen LogP contribution in [0.25, 0.3) is 17.4 Å². The molecule has 0 amide bonds. The predicted molar refractivity (Wildman–Crippen MR) is 121 cm³/mol. The molecule has 0 spiro atoms. The van der Waals surface area contributed by atoms with Gasteiger partial charge in [0.05, 0.1) is 17.9 Å². The van der Waals surface area contributed by atoms with Crippen LogP contribution in [0, 0.1) is 0 Å². The van der Waals surface area contributed by atoms with Gasteiger partial charge in [-0.2, -0.15) is 14.7 Å². The van der Waals surface area contributed by atoms with E-state index in [1.165, 1.54) is 6.07 Å². The van der Waals surface area contributed by atoms with Crippen LogP contribution in [0.2, 0.25) is 0 Å². The Morgan fingerprint density at radius 1 is 1.12 bits per heavy atom. The number of nitrogens with zero attached hydrogens (tertiary/aromatic N) is 6. The van der Waals surface area contributed by atoms with Crippen LogP contribution in [-0.4, -0.2) is 45.6 Å². The number of nitrogens with one attached hydrogen (secondary N) is 2. The summed E-state index contributed by atoms with van der Waals surface area (Å²) in [7, 11) is 0. The molecule has 5 aromatic rings. The van der Waals surface area contributed by atoms with Crippen LogP contribution in [-0.2, 0) is 0 Å². The van der Waals surface area contributed by atoms with Gasteiger partial charge in [0.1, 0.15) is 5.82 Å². The van der Waals surface area contributed by atoms with Crippen LogP contribution in [0.15, 0.2) is 66.0 Å². The van der Waals surface area contributed by atoms with Crippen molar-refractivity contribution in [1.82, 2.24) is 29.4 Å². The molecule has 10 heteroatoms. The van der Waals surface area contributed by atoms with E-state index in [9.17, 15) is 10.2 Å². The van der Waals surface area contributed by atoms with Crippen molar-refractivity contribution in [3.8, 4) is 17.4 Å². The van der Waals surface area contributed by atoms with Crippen molar-refractivity contribution in [3.63, 3.8) is 0 Å². The van der Waals surface area contributed by atoms with Crippen LogP contribution in [0.3, 0.4) is 0 Å². The molecule has 0 radical (unpaired) electrons. The van der Waals surface area contributed by atoms with E-state index in [-0.39, 0.29) is 11.8 Å². The average molecular weight is 440 g/mol. The van der Waals surface area contributed by atoms with Gasteiger partial charge >= 0.3 is 0 Å². The summed E-state index contributed by atoms with van der Waals surface area (Å²) in [6.07, 6.45) is 9.15. The Hall–Kier alpha value is -4.60. The fourth-order valence-electron chi connectivity index (χ4n) is 3.60. The summed E-state index contributed by atoms with van der Waals surface area (Å²) >= 11 is 0. The zero-order valence-electron chi connectivity index (χ0n) is 17.4. The van der Waals surface area contributed by atoms with Gasteiger partial charge < -0.3 is 15.5 Å². The largest absolute Gasteiger partial charge is 0.494 e. The molecule has 164 valence electrons. The number of hydrogen-bond acceptors (Lipinski definition) is 7. The second-order valence-electron chi connectivity index (χ2n) is 7.92. The van der Waals surface area contributed by atoms with E-state index in [0.29, 0.717) is 33.8 Å². The highest BCUT2D eigenvalue weighted by molar-refractivity contribution is 5.64. The molecule has 0 aliphatic heterocycles. The molecule has 0 bridgehead atoms. The zero-order chi connectivity index (χ0) is 22.4. The highest BCUT2D eigenvalue weighted by Gasteiger charge is 2.20. The number of H-pyrrole nitrogens is 1. The van der Waals surface area contributed by atoms with Crippen molar-refractivity contribution in [2.45, 2.75) is 18.9 Å². The fourth-order valence-corrected chi connectivity index (χ4v) is 3.60. The number of fused-ring (bicyclic) bond motifs is 1. The van der Waals surface area contributed by atoms with Gasteiger partial charge in [0, 0.05) is 41.0 Å². The van der Waals surface area contributed by atoms with E-state index < -0.39 is 0 Å². The molecule has 1 aromatic carbocycles. The highest BCUT2D eigenvalue weighted by Crippen LogP contribution is 2.23. The van der Waals surface area contributed by atoms with Gasteiger partial charge in [-0.3, -0.25) is 9.98 Å². The molecule has 4 aromatic heterocycles. The lowest BCUT2D eigenvalue weighted by Gasteiger charge is -2.08. The van der Waals surface area contributed by atoms with Crippen LogP contribution in [0.5, 0.6) is 11.8 Å². The van der Waals surface area contributed by atoms with Crippen molar-refractivity contribution in [2.75, 3.05) is 5.32 Å². The monoisotopic (exact) mass is 440 g/mol. The summed E-state index contributed by atoms with van der Waals surface area (Å²) in [6, 6.07) is 13.4. The lowest BCUT2D eigenvalue weighted by Crippen LogP contribution is -2.19. The molecule has 10 nitrogen and oxygen atoms in total. The minimum atomic E-state index is -0.124. The number of aromatic amines is 1. The summed E-state index contributed by atoms with van der Waals surface area (Å²) in [6.45, 7) is 0. The Bertz CT molecular complexity index is 1560. The van der Waals surface area contributed by atoms with E-state index in [1.807, 2.05) is 42.6 Å². The van der Waals surface area contributed by atoms with Crippen molar-refractivity contribution >= 4 is 23.2 Å². The van der Waals surface area contributed by atoms with E-state index in [2.05, 4.69) is 20.5 Å². The number of hydrogen-bond donors (Lipinski definition) is 4. The third kappa shape index (κ3) is 3.78. The number of benzene rings is 1. The van der Waals surface area contributed by atoms with E-state index in [1.54, 1.807) is 27.7 Å². The predicted octanol–water partition coefficient (Wildman–Crippen LogP) is 2.01. The standard InChI is InChI=1S/C23H20N8O2/c32-21-11-14(23(33)29-21)10-15-13-25-31-20(27-17-2-3-17)12-19(28-22(15)31)26-16-4-6-18(7-5-16)30-9-1-8-24-30/h1,4-13,17,26,29,32-33H,2-3H2. The van der Waals surface area contributed by atoms with Crippen molar-refractivity contribution in [3.05, 3.63) is 77.3 Å². The second kappa shape index (κ2) is 7.52. The molecule has 33 heavy (non-hydrogen) atoms. The molecule has 0 unspecified atom stereocenters. The van der Waals surface area contributed by atoms with Crippen molar-refractivity contribution in [1.29, 1.82) is 0 Å². The Kier molecular flexibility index (Phi) is 4.35. The number of rotatable bonds is 5. The van der Waals surface area contributed by atoms with Gasteiger partial charge in [0.15, 0.2) is 22.9 Å². The molecule has 0 atom stereocenters. The highest BCUT2D eigenvalue weighted by atomic mass is 16.3. The molecule has 6 rings (SSSR count). The third-order valence-corrected chi connectivity index (χ3v) is 5.37. The van der Waals surface area contributed by atoms with Gasteiger partial charge in [-0.1, -0.05) is 0 Å². The minimum absolute atomic E-state index is 0.117. The first-order valence-corrected chi connectivity index (χ1v) is 10.5. The molecule has 1 saturated carbocycles. The lowest BCUT2D eigenvalue weighted by atomic mass is 10.2. The molecular formula is C23H20N8O2. The smallest absolute Gasteiger partial charge is 0.198 e. The van der Waals surface area contributed by atoms with E-state index >= 15 is 0 Å². The zero-order valence-corrected chi connectivity index (χ0v) is 17.4.